The first-order valence-electron chi connectivity index (χ1n) is 10.8. The molecule has 2 aliphatic carbocycles. The van der Waals surface area contributed by atoms with Gasteiger partial charge in [-0.3, -0.25) is 4.79 Å². The molecule has 0 radical (unpaired) electrons. The molecule has 0 atom stereocenters. The van der Waals surface area contributed by atoms with Gasteiger partial charge in [-0.25, -0.2) is 0 Å². The Hall–Kier alpha value is -2.29. The summed E-state index contributed by atoms with van der Waals surface area (Å²) >= 11 is 0. The van der Waals surface area contributed by atoms with Crippen molar-refractivity contribution in [3.8, 4) is 11.5 Å². The van der Waals surface area contributed by atoms with Crippen LogP contribution < -0.4 is 0 Å². The topological polar surface area (TPSA) is 57.5 Å². The summed E-state index contributed by atoms with van der Waals surface area (Å²) in [7, 11) is 0. The van der Waals surface area contributed by atoms with Crippen molar-refractivity contribution in [3.63, 3.8) is 0 Å². The largest absolute Gasteiger partial charge is 0.508 e. The molecule has 148 valence electrons. The molecule has 3 heteroatoms. The lowest BCUT2D eigenvalue weighted by molar-refractivity contribution is 0.103. The van der Waals surface area contributed by atoms with Crippen molar-refractivity contribution in [2.45, 2.75) is 76.0 Å². The average molecular weight is 379 g/mol. The lowest BCUT2D eigenvalue weighted by Gasteiger charge is -2.26. The third-order valence-corrected chi connectivity index (χ3v) is 6.65. The van der Waals surface area contributed by atoms with Gasteiger partial charge in [-0.2, -0.15) is 0 Å². The van der Waals surface area contributed by atoms with Crippen LogP contribution in [0.5, 0.6) is 11.5 Å². The zero-order valence-corrected chi connectivity index (χ0v) is 16.5. The van der Waals surface area contributed by atoms with Gasteiger partial charge in [0, 0.05) is 11.1 Å². The minimum absolute atomic E-state index is 0.0288. The Morgan fingerprint density at radius 2 is 1.04 bits per heavy atom. The van der Waals surface area contributed by atoms with Crippen LogP contribution in [0.25, 0.3) is 0 Å². The van der Waals surface area contributed by atoms with Crippen molar-refractivity contribution in [3.05, 3.63) is 58.7 Å². The Morgan fingerprint density at radius 3 is 1.43 bits per heavy atom. The van der Waals surface area contributed by atoms with Gasteiger partial charge in [0.1, 0.15) is 11.5 Å². The number of phenolic OH excluding ortho intramolecular Hbond substituents is 2. The number of carbonyl (C=O) groups is 1. The van der Waals surface area contributed by atoms with E-state index in [0.29, 0.717) is 23.0 Å². The minimum atomic E-state index is 0.0288. The molecule has 3 nitrogen and oxygen atoms in total. The van der Waals surface area contributed by atoms with Gasteiger partial charge in [0.2, 0.25) is 0 Å². The van der Waals surface area contributed by atoms with E-state index in [1.54, 1.807) is 36.4 Å². The van der Waals surface area contributed by atoms with Gasteiger partial charge in [0.05, 0.1) is 0 Å². The van der Waals surface area contributed by atoms with Crippen molar-refractivity contribution in [1.82, 2.24) is 0 Å². The first-order chi connectivity index (χ1) is 13.6. The smallest absolute Gasteiger partial charge is 0.193 e. The van der Waals surface area contributed by atoms with Crippen molar-refractivity contribution in [2.24, 2.45) is 0 Å². The van der Waals surface area contributed by atoms with Crippen LogP contribution in [0.4, 0.5) is 0 Å². The highest BCUT2D eigenvalue weighted by atomic mass is 16.3. The highest BCUT2D eigenvalue weighted by Gasteiger charge is 2.26. The molecule has 0 bridgehead atoms. The van der Waals surface area contributed by atoms with Crippen LogP contribution in [-0.4, -0.2) is 16.0 Å². The number of hydrogen-bond donors (Lipinski definition) is 2. The van der Waals surface area contributed by atoms with Gasteiger partial charge < -0.3 is 10.2 Å². The quantitative estimate of drug-likeness (QED) is 0.603. The number of hydrogen-bond acceptors (Lipinski definition) is 3. The number of ketones is 1. The van der Waals surface area contributed by atoms with Gasteiger partial charge in [-0.15, -0.1) is 0 Å². The van der Waals surface area contributed by atoms with Crippen LogP contribution in [0.15, 0.2) is 36.4 Å². The predicted molar refractivity (Wildman–Crippen MR) is 111 cm³/mol. The fourth-order valence-corrected chi connectivity index (χ4v) is 5.16. The van der Waals surface area contributed by atoms with E-state index in [-0.39, 0.29) is 17.3 Å². The molecule has 0 spiro atoms. The Labute approximate surface area is 167 Å². The first-order valence-corrected chi connectivity index (χ1v) is 10.8. The summed E-state index contributed by atoms with van der Waals surface area (Å²) in [5.74, 6) is 1.18. The highest BCUT2D eigenvalue weighted by molar-refractivity contribution is 6.11. The fourth-order valence-electron chi connectivity index (χ4n) is 5.16. The Bertz CT molecular complexity index is 773. The van der Waals surface area contributed by atoms with Crippen LogP contribution in [0.3, 0.4) is 0 Å². The molecule has 2 aliphatic rings. The van der Waals surface area contributed by atoms with E-state index < -0.39 is 0 Å². The number of carbonyl (C=O) groups excluding carboxylic acids is 1. The van der Waals surface area contributed by atoms with E-state index in [1.165, 1.54) is 38.5 Å². The Morgan fingerprint density at radius 1 is 0.643 bits per heavy atom. The summed E-state index contributed by atoms with van der Waals surface area (Å²) in [5, 5.41) is 20.1. The standard InChI is InChI=1S/C25H30O3/c26-19-11-13-21(23(15-19)17-7-3-1-4-8-17)25(28)22-14-12-20(27)16-24(22)18-9-5-2-6-10-18/h11-18,26-27H,1-10H2. The minimum Gasteiger partial charge on any atom is -0.508 e. The van der Waals surface area contributed by atoms with Gasteiger partial charge in [-0.05, 0) is 85.0 Å². The third-order valence-electron chi connectivity index (χ3n) is 6.65. The monoisotopic (exact) mass is 378 g/mol. The number of phenols is 2. The zero-order valence-electron chi connectivity index (χ0n) is 16.5. The molecule has 0 saturated heterocycles. The molecule has 2 aromatic rings. The number of rotatable bonds is 4. The summed E-state index contributed by atoms with van der Waals surface area (Å²) in [4.78, 5) is 13.6. The zero-order chi connectivity index (χ0) is 19.5. The summed E-state index contributed by atoms with van der Waals surface area (Å²) in [5.41, 5.74) is 3.42. The molecule has 0 aliphatic heterocycles. The summed E-state index contributed by atoms with van der Waals surface area (Å²) in [6.45, 7) is 0. The van der Waals surface area contributed by atoms with Crippen molar-refractivity contribution < 1.29 is 15.0 Å². The number of aromatic hydroxyl groups is 2. The SMILES string of the molecule is O=C(c1ccc(O)cc1C1CCCCC1)c1ccc(O)cc1C1CCCCC1. The van der Waals surface area contributed by atoms with Crippen molar-refractivity contribution in [1.29, 1.82) is 0 Å². The molecular formula is C25H30O3. The van der Waals surface area contributed by atoms with Crippen molar-refractivity contribution in [2.75, 3.05) is 0 Å². The van der Waals surface area contributed by atoms with Crippen LogP contribution in [0.2, 0.25) is 0 Å². The Balaban J connectivity index is 1.74. The molecule has 0 unspecified atom stereocenters. The van der Waals surface area contributed by atoms with E-state index in [2.05, 4.69) is 0 Å². The van der Waals surface area contributed by atoms with E-state index in [9.17, 15) is 15.0 Å². The molecule has 28 heavy (non-hydrogen) atoms. The second-order valence-electron chi connectivity index (χ2n) is 8.54. The summed E-state index contributed by atoms with van der Waals surface area (Å²) in [6, 6.07) is 10.4. The molecular weight excluding hydrogens is 348 g/mol. The second-order valence-corrected chi connectivity index (χ2v) is 8.54. The van der Waals surface area contributed by atoms with E-state index in [0.717, 1.165) is 36.8 Å². The fraction of sp³-hybridized carbons (Fsp3) is 0.480. The molecule has 0 aromatic heterocycles. The molecule has 2 N–H and O–H groups in total. The maximum absolute atomic E-state index is 13.6. The van der Waals surface area contributed by atoms with Crippen molar-refractivity contribution >= 4 is 5.78 Å². The number of benzene rings is 2. The summed E-state index contributed by atoms with van der Waals surface area (Å²) in [6.07, 6.45) is 11.5. The molecule has 2 aromatic carbocycles. The highest BCUT2D eigenvalue weighted by Crippen LogP contribution is 2.39. The third kappa shape index (κ3) is 3.94. The van der Waals surface area contributed by atoms with E-state index >= 15 is 0 Å². The normalized spacial score (nSPS) is 18.9. The lowest BCUT2D eigenvalue weighted by atomic mass is 9.78. The van der Waals surface area contributed by atoms with Crippen LogP contribution >= 0.6 is 0 Å². The molecule has 2 fully saturated rings. The predicted octanol–water partition coefficient (Wildman–Crippen LogP) is 6.42. The summed E-state index contributed by atoms with van der Waals surface area (Å²) < 4.78 is 0. The average Bonchev–Trinajstić information content (AvgIpc) is 2.74. The Kier molecular flexibility index (Phi) is 5.70. The van der Waals surface area contributed by atoms with Crippen LogP contribution in [-0.2, 0) is 0 Å². The van der Waals surface area contributed by atoms with Gasteiger partial charge in [0.25, 0.3) is 0 Å². The second kappa shape index (κ2) is 8.38. The van der Waals surface area contributed by atoms with Crippen LogP contribution in [0, 0.1) is 0 Å². The van der Waals surface area contributed by atoms with Gasteiger partial charge in [0.15, 0.2) is 5.78 Å². The molecule has 2 saturated carbocycles. The maximum atomic E-state index is 13.6. The first kappa shape index (κ1) is 19.0. The molecule has 4 rings (SSSR count). The van der Waals surface area contributed by atoms with Crippen LogP contribution in [0.1, 0.15) is 103 Å². The lowest BCUT2D eigenvalue weighted by Crippen LogP contribution is -2.15. The van der Waals surface area contributed by atoms with E-state index in [1.807, 2.05) is 0 Å². The van der Waals surface area contributed by atoms with Gasteiger partial charge >= 0.3 is 0 Å². The van der Waals surface area contributed by atoms with Gasteiger partial charge in [-0.1, -0.05) is 38.5 Å². The maximum Gasteiger partial charge on any atom is 0.193 e. The van der Waals surface area contributed by atoms with E-state index in [4.69, 9.17) is 0 Å². The molecule has 0 heterocycles. The molecule has 0 amide bonds.